The van der Waals surface area contributed by atoms with E-state index < -0.39 is 23.0 Å². The summed E-state index contributed by atoms with van der Waals surface area (Å²) in [5, 5.41) is 0.815. The van der Waals surface area contributed by atoms with Gasteiger partial charge in [-0.15, -0.1) is 4.98 Å². The van der Waals surface area contributed by atoms with E-state index in [2.05, 4.69) is 37.5 Å². The van der Waals surface area contributed by atoms with Crippen LogP contribution in [0.5, 0.6) is 0 Å². The van der Waals surface area contributed by atoms with Gasteiger partial charge in [0.2, 0.25) is 17.6 Å². The topological polar surface area (TPSA) is 99.0 Å². The van der Waals surface area contributed by atoms with E-state index in [0.29, 0.717) is 28.4 Å². The van der Waals surface area contributed by atoms with Gasteiger partial charge >= 0.3 is 0 Å². The van der Waals surface area contributed by atoms with Crippen LogP contribution in [0.1, 0.15) is 24.3 Å². The summed E-state index contributed by atoms with van der Waals surface area (Å²) >= 11 is 2.13. The van der Waals surface area contributed by atoms with Gasteiger partial charge in [-0.25, -0.2) is 13.8 Å². The van der Waals surface area contributed by atoms with Crippen molar-refractivity contribution in [3.8, 4) is 11.1 Å². The molecule has 0 saturated carbocycles. The number of hydrogen-bond donors (Lipinski definition) is 2. The number of halogens is 3. The Balaban J connectivity index is 1.84. The summed E-state index contributed by atoms with van der Waals surface area (Å²) in [5.41, 5.74) is 7.72. The lowest BCUT2D eigenvalue weighted by Gasteiger charge is -2.15. The Kier molecular flexibility index (Phi) is 4.92. The van der Waals surface area contributed by atoms with Crippen LogP contribution in [0.25, 0.3) is 33.0 Å². The van der Waals surface area contributed by atoms with Gasteiger partial charge in [0.05, 0.1) is 26.3 Å². The molecule has 3 aromatic heterocycles. The SMILES string of the molecule is CC(c1oc2ccc(F)cc2c(=O)c1-c1cccc(F)c1)c1[nH]c(I)c2c(N)[nH+]cnc12. The van der Waals surface area contributed by atoms with Gasteiger partial charge in [0.1, 0.15) is 28.4 Å². The zero-order valence-corrected chi connectivity index (χ0v) is 18.8. The van der Waals surface area contributed by atoms with Crippen molar-refractivity contribution in [1.82, 2.24) is 9.97 Å². The number of nitrogen functional groups attached to an aromatic ring is 1. The minimum absolute atomic E-state index is 0.0862. The highest BCUT2D eigenvalue weighted by molar-refractivity contribution is 14.1. The number of anilines is 1. The van der Waals surface area contributed by atoms with Crippen LogP contribution in [0, 0.1) is 15.3 Å². The molecule has 3 heterocycles. The zero-order chi connectivity index (χ0) is 22.6. The van der Waals surface area contributed by atoms with Gasteiger partial charge < -0.3 is 15.1 Å². The van der Waals surface area contributed by atoms with E-state index in [0.717, 1.165) is 15.2 Å². The summed E-state index contributed by atoms with van der Waals surface area (Å²) in [6.45, 7) is 1.85. The lowest BCUT2D eigenvalue weighted by Crippen LogP contribution is -2.13. The highest BCUT2D eigenvalue weighted by Crippen LogP contribution is 2.37. The second-order valence-electron chi connectivity index (χ2n) is 7.44. The largest absolute Gasteiger partial charge is 0.459 e. The molecular formula is C23H16F2IN4O2+. The highest BCUT2D eigenvalue weighted by atomic mass is 127. The molecular weight excluding hydrogens is 529 g/mol. The van der Waals surface area contributed by atoms with E-state index in [9.17, 15) is 13.6 Å². The van der Waals surface area contributed by atoms with E-state index in [1.807, 2.05) is 6.92 Å². The molecule has 0 aliphatic rings. The first-order valence-electron chi connectivity index (χ1n) is 9.70. The standard InChI is InChI=1S/C23H15F2IN4O2/c1-10(18-19-17(22(26)30-18)23(27)29-9-28-19)21-16(11-3-2-4-12(24)7-11)20(31)14-8-13(25)5-6-15(14)32-21/h2-10,30H,1H3,(H2,27,28,29)/p+1. The normalized spacial score (nSPS) is 12.5. The molecule has 4 N–H and O–H groups in total. The molecule has 32 heavy (non-hydrogen) atoms. The molecule has 0 fully saturated rings. The molecule has 1 unspecified atom stereocenters. The van der Waals surface area contributed by atoms with E-state index in [4.69, 9.17) is 10.2 Å². The molecule has 0 saturated heterocycles. The number of benzene rings is 2. The predicted molar refractivity (Wildman–Crippen MR) is 125 cm³/mol. The first-order chi connectivity index (χ1) is 15.3. The third-order valence-electron chi connectivity index (χ3n) is 5.46. The maximum atomic E-state index is 14.0. The number of nitrogens with one attached hydrogen (secondary N) is 2. The quantitative estimate of drug-likeness (QED) is 0.320. The molecule has 0 amide bonds. The Morgan fingerprint density at radius 1 is 1.19 bits per heavy atom. The van der Waals surface area contributed by atoms with Gasteiger partial charge in [-0.3, -0.25) is 4.79 Å². The number of nitrogens with zero attached hydrogens (tertiary/aromatic N) is 1. The number of aromatic nitrogens is 3. The predicted octanol–water partition coefficient (Wildman–Crippen LogP) is 4.77. The number of fused-ring (bicyclic) bond motifs is 2. The summed E-state index contributed by atoms with van der Waals surface area (Å²) in [6, 6.07) is 9.46. The summed E-state index contributed by atoms with van der Waals surface area (Å²) in [4.78, 5) is 24.1. The molecule has 1 atom stereocenters. The Morgan fingerprint density at radius 3 is 2.75 bits per heavy atom. The number of hydrogen-bond acceptors (Lipinski definition) is 4. The molecule has 0 bridgehead atoms. The van der Waals surface area contributed by atoms with Crippen LogP contribution in [-0.4, -0.2) is 9.97 Å². The Labute approximate surface area is 193 Å². The zero-order valence-electron chi connectivity index (χ0n) is 16.7. The smallest absolute Gasteiger partial charge is 0.230 e. The third-order valence-corrected chi connectivity index (χ3v) is 6.27. The fraction of sp³-hybridized carbons (Fsp3) is 0.0870. The molecule has 9 heteroatoms. The molecule has 160 valence electrons. The van der Waals surface area contributed by atoms with Crippen molar-refractivity contribution in [3.63, 3.8) is 0 Å². The molecule has 0 spiro atoms. The minimum atomic E-state index is -0.559. The minimum Gasteiger partial charge on any atom is -0.459 e. The Morgan fingerprint density at radius 2 is 1.97 bits per heavy atom. The summed E-state index contributed by atoms with van der Waals surface area (Å²) in [6.07, 6.45) is 1.49. The van der Waals surface area contributed by atoms with Crippen molar-refractivity contribution in [2.45, 2.75) is 12.8 Å². The monoisotopic (exact) mass is 545 g/mol. The Bertz CT molecular complexity index is 1580. The van der Waals surface area contributed by atoms with E-state index in [1.165, 1.54) is 36.7 Å². The van der Waals surface area contributed by atoms with Crippen LogP contribution in [0.15, 0.2) is 58.0 Å². The second-order valence-corrected chi connectivity index (χ2v) is 8.51. The van der Waals surface area contributed by atoms with Gasteiger partial charge in [-0.2, -0.15) is 0 Å². The molecule has 5 aromatic rings. The lowest BCUT2D eigenvalue weighted by atomic mass is 9.93. The fourth-order valence-corrected chi connectivity index (χ4v) is 4.78. The average molecular weight is 545 g/mol. The van der Waals surface area contributed by atoms with Gasteiger partial charge in [0, 0.05) is 0 Å². The first-order valence-corrected chi connectivity index (χ1v) is 10.8. The van der Waals surface area contributed by atoms with Gasteiger partial charge in [-0.05, 0) is 65.4 Å². The maximum Gasteiger partial charge on any atom is 0.230 e. The maximum absolute atomic E-state index is 14.0. The summed E-state index contributed by atoms with van der Waals surface area (Å²) < 4.78 is 34.9. The lowest BCUT2D eigenvalue weighted by molar-refractivity contribution is -0.363. The molecule has 2 aromatic carbocycles. The molecule has 0 radical (unpaired) electrons. The van der Waals surface area contributed by atoms with Crippen molar-refractivity contribution in [2.75, 3.05) is 5.73 Å². The van der Waals surface area contributed by atoms with E-state index >= 15 is 0 Å². The van der Waals surface area contributed by atoms with Crippen molar-refractivity contribution in [1.29, 1.82) is 0 Å². The molecule has 5 rings (SSSR count). The summed E-state index contributed by atoms with van der Waals surface area (Å²) in [5.74, 6) is -0.764. The number of aromatic amines is 2. The van der Waals surface area contributed by atoms with E-state index in [1.54, 1.807) is 6.07 Å². The number of rotatable bonds is 3. The fourth-order valence-electron chi connectivity index (χ4n) is 3.95. The van der Waals surface area contributed by atoms with Crippen LogP contribution in [0.4, 0.5) is 14.6 Å². The molecule has 0 aliphatic heterocycles. The second kappa shape index (κ2) is 7.66. The summed E-state index contributed by atoms with van der Waals surface area (Å²) in [7, 11) is 0. The molecule has 0 aliphatic carbocycles. The van der Waals surface area contributed by atoms with Gasteiger partial charge in [0.15, 0.2) is 5.52 Å². The number of nitrogens with two attached hydrogens (primary N) is 1. The van der Waals surface area contributed by atoms with Crippen LogP contribution in [-0.2, 0) is 0 Å². The van der Waals surface area contributed by atoms with Crippen molar-refractivity contribution >= 4 is 50.3 Å². The van der Waals surface area contributed by atoms with Gasteiger partial charge in [0.25, 0.3) is 0 Å². The van der Waals surface area contributed by atoms with E-state index in [-0.39, 0.29) is 16.5 Å². The van der Waals surface area contributed by atoms with Crippen molar-refractivity contribution < 1.29 is 18.2 Å². The van der Waals surface area contributed by atoms with Crippen molar-refractivity contribution in [2.24, 2.45) is 0 Å². The molecule has 6 nitrogen and oxygen atoms in total. The average Bonchev–Trinajstić information content (AvgIpc) is 3.11. The van der Waals surface area contributed by atoms with Gasteiger partial charge in [-0.1, -0.05) is 12.1 Å². The van der Waals surface area contributed by atoms with Crippen LogP contribution >= 0.6 is 22.6 Å². The highest BCUT2D eigenvalue weighted by Gasteiger charge is 2.28. The third kappa shape index (κ3) is 3.24. The first kappa shape index (κ1) is 20.6. The Hall–Kier alpha value is -3.34. The van der Waals surface area contributed by atoms with Crippen LogP contribution in [0.3, 0.4) is 0 Å². The number of H-pyrrole nitrogens is 2. The van der Waals surface area contributed by atoms with Crippen LogP contribution < -0.4 is 16.1 Å². The van der Waals surface area contributed by atoms with Crippen LogP contribution in [0.2, 0.25) is 0 Å². The van der Waals surface area contributed by atoms with Crippen molar-refractivity contribution in [3.05, 3.63) is 85.8 Å².